The first-order chi connectivity index (χ1) is 13.4. The lowest BCUT2D eigenvalue weighted by Gasteiger charge is -2.22. The van der Waals surface area contributed by atoms with E-state index in [9.17, 15) is 14.4 Å². The molecular weight excluding hydrogens is 364 g/mol. The zero-order valence-electron chi connectivity index (χ0n) is 15.4. The smallest absolute Gasteiger partial charge is 0.414 e. The maximum Gasteiger partial charge on any atom is 0.414 e. The van der Waals surface area contributed by atoms with E-state index in [-0.39, 0.29) is 18.2 Å². The Morgan fingerprint density at radius 2 is 1.71 bits per heavy atom. The van der Waals surface area contributed by atoms with Crippen LogP contribution in [-0.2, 0) is 9.53 Å². The van der Waals surface area contributed by atoms with Crippen LogP contribution in [0.5, 0.6) is 23.0 Å². The fraction of sp³-hybridized carbons (Fsp3) is 0.250. The summed E-state index contributed by atoms with van der Waals surface area (Å²) < 4.78 is 17.0. The molecule has 144 valence electrons. The molecule has 8 heteroatoms. The van der Waals surface area contributed by atoms with Gasteiger partial charge in [0.05, 0.1) is 18.8 Å². The fourth-order valence-corrected chi connectivity index (χ4v) is 3.05. The largest absolute Gasteiger partial charge is 0.449 e. The third-order valence-corrected chi connectivity index (χ3v) is 4.48. The van der Waals surface area contributed by atoms with Gasteiger partial charge in [0.1, 0.15) is 6.10 Å². The summed E-state index contributed by atoms with van der Waals surface area (Å²) in [6, 6.07) is 10.1. The Morgan fingerprint density at radius 1 is 1.04 bits per heavy atom. The van der Waals surface area contributed by atoms with E-state index >= 15 is 0 Å². The van der Waals surface area contributed by atoms with Gasteiger partial charge in [-0.25, -0.2) is 4.79 Å². The minimum Gasteiger partial charge on any atom is -0.449 e. The Kier molecular flexibility index (Phi) is 4.38. The van der Waals surface area contributed by atoms with Gasteiger partial charge in [-0.2, -0.15) is 0 Å². The molecule has 2 heterocycles. The first-order valence-corrected chi connectivity index (χ1v) is 8.78. The zero-order valence-corrected chi connectivity index (χ0v) is 15.4. The van der Waals surface area contributed by atoms with Crippen molar-refractivity contribution in [3.8, 4) is 23.0 Å². The van der Waals surface area contributed by atoms with Crippen LogP contribution < -0.4 is 19.7 Å². The van der Waals surface area contributed by atoms with E-state index in [0.29, 0.717) is 40.8 Å². The number of cyclic esters (lactones) is 1. The van der Waals surface area contributed by atoms with Gasteiger partial charge in [-0.1, -0.05) is 0 Å². The van der Waals surface area contributed by atoms with Crippen LogP contribution in [0.4, 0.5) is 10.5 Å². The molecule has 2 aromatic carbocycles. The minimum atomic E-state index is -0.487. The van der Waals surface area contributed by atoms with Gasteiger partial charge in [0.15, 0.2) is 28.8 Å². The van der Waals surface area contributed by atoms with Gasteiger partial charge in [-0.05, 0) is 37.3 Å². The van der Waals surface area contributed by atoms with Crippen molar-refractivity contribution in [2.24, 2.45) is 0 Å². The summed E-state index contributed by atoms with van der Waals surface area (Å²) in [5.41, 5.74) is 1.13. The third kappa shape index (κ3) is 3.36. The number of rotatable bonds is 4. The number of carbonyl (C=O) groups excluding carboxylic acids is 3. The second-order valence-corrected chi connectivity index (χ2v) is 6.61. The monoisotopic (exact) mass is 382 g/mol. The Morgan fingerprint density at radius 3 is 2.39 bits per heavy atom. The lowest BCUT2D eigenvalue weighted by molar-refractivity contribution is -0.119. The van der Waals surface area contributed by atoms with Crippen LogP contribution in [0.1, 0.15) is 24.2 Å². The lowest BCUT2D eigenvalue weighted by Crippen LogP contribution is -2.33. The van der Waals surface area contributed by atoms with Crippen molar-refractivity contribution in [1.82, 2.24) is 5.32 Å². The van der Waals surface area contributed by atoms with Crippen molar-refractivity contribution in [2.75, 3.05) is 18.0 Å². The van der Waals surface area contributed by atoms with Crippen LogP contribution in [0.3, 0.4) is 0 Å². The number of nitrogens with zero attached hydrogens (tertiary/aromatic N) is 1. The standard InChI is InChI=1S/C20H18N2O6/c1-11(23)13-3-5-16-18(7-13)27-17-6-4-14(8-19(17)28-16)22-10-15(26-20(22)25)9-21-12(2)24/h3-8,15H,9-10H2,1-2H3,(H,21,24)/t15-/m0/s1. The number of ether oxygens (including phenoxy) is 3. The summed E-state index contributed by atoms with van der Waals surface area (Å²) in [6.45, 7) is 3.47. The molecule has 8 nitrogen and oxygen atoms in total. The Hall–Kier alpha value is -3.55. The van der Waals surface area contributed by atoms with E-state index in [1.54, 1.807) is 36.4 Å². The molecule has 2 amide bonds. The Labute approximate surface area is 161 Å². The normalized spacial score (nSPS) is 17.0. The van der Waals surface area contributed by atoms with E-state index in [1.807, 2.05) is 0 Å². The van der Waals surface area contributed by atoms with Crippen LogP contribution in [-0.4, -0.2) is 37.0 Å². The molecule has 2 aromatic rings. The van der Waals surface area contributed by atoms with Crippen molar-refractivity contribution >= 4 is 23.5 Å². The van der Waals surface area contributed by atoms with Crippen molar-refractivity contribution in [2.45, 2.75) is 20.0 Å². The molecule has 1 atom stereocenters. The van der Waals surface area contributed by atoms with E-state index in [0.717, 1.165) is 0 Å². The summed E-state index contributed by atoms with van der Waals surface area (Å²) in [4.78, 5) is 36.2. The molecule has 0 unspecified atom stereocenters. The number of ketones is 1. The maximum atomic E-state index is 12.2. The van der Waals surface area contributed by atoms with Crippen LogP contribution >= 0.6 is 0 Å². The van der Waals surface area contributed by atoms with Crippen LogP contribution in [0.2, 0.25) is 0 Å². The molecule has 0 saturated carbocycles. The highest BCUT2D eigenvalue weighted by Gasteiger charge is 2.33. The Bertz CT molecular complexity index is 987. The lowest BCUT2D eigenvalue weighted by atomic mass is 10.1. The number of fused-ring (bicyclic) bond motifs is 2. The average Bonchev–Trinajstić information content (AvgIpc) is 3.04. The SMILES string of the molecule is CC(=O)NC[C@H]1CN(c2ccc3c(c2)Oc2ccc(C(C)=O)cc2O3)C(=O)O1. The summed E-state index contributed by atoms with van der Waals surface area (Å²) in [5.74, 6) is 1.65. The number of carbonyl (C=O) groups is 3. The average molecular weight is 382 g/mol. The summed E-state index contributed by atoms with van der Waals surface area (Å²) >= 11 is 0. The number of Topliss-reactive ketones (excluding diaryl/α,β-unsaturated/α-hetero) is 1. The van der Waals surface area contributed by atoms with Gasteiger partial charge in [0.25, 0.3) is 0 Å². The van der Waals surface area contributed by atoms with Crippen LogP contribution in [0.25, 0.3) is 0 Å². The number of hydrogen-bond donors (Lipinski definition) is 1. The minimum absolute atomic E-state index is 0.0612. The molecule has 2 aliphatic rings. The molecule has 0 aromatic heterocycles. The van der Waals surface area contributed by atoms with E-state index in [4.69, 9.17) is 14.2 Å². The molecule has 0 radical (unpaired) electrons. The highest BCUT2D eigenvalue weighted by Crippen LogP contribution is 2.47. The predicted octanol–water partition coefficient (Wildman–Crippen LogP) is 3.25. The number of benzene rings is 2. The molecule has 4 rings (SSSR count). The molecule has 2 aliphatic heterocycles. The summed E-state index contributed by atoms with van der Waals surface area (Å²) in [5, 5.41) is 2.64. The molecule has 1 fully saturated rings. The molecule has 1 saturated heterocycles. The van der Waals surface area contributed by atoms with Gasteiger partial charge in [-0.3, -0.25) is 14.5 Å². The molecular formula is C20H18N2O6. The zero-order chi connectivity index (χ0) is 19.8. The third-order valence-electron chi connectivity index (χ3n) is 4.48. The Balaban J connectivity index is 1.53. The molecule has 0 spiro atoms. The number of hydrogen-bond acceptors (Lipinski definition) is 6. The summed E-state index contributed by atoms with van der Waals surface area (Å²) in [6.07, 6.45) is -0.908. The van der Waals surface area contributed by atoms with E-state index in [1.165, 1.54) is 18.7 Å². The van der Waals surface area contributed by atoms with Crippen LogP contribution in [0, 0.1) is 0 Å². The van der Waals surface area contributed by atoms with Gasteiger partial charge in [-0.15, -0.1) is 0 Å². The molecule has 0 aliphatic carbocycles. The highest BCUT2D eigenvalue weighted by molar-refractivity contribution is 5.95. The summed E-state index contributed by atoms with van der Waals surface area (Å²) in [7, 11) is 0. The second kappa shape index (κ2) is 6.88. The van der Waals surface area contributed by atoms with Gasteiger partial charge in [0, 0.05) is 18.6 Å². The molecule has 0 bridgehead atoms. The quantitative estimate of drug-likeness (QED) is 0.696. The molecule has 1 N–H and O–H groups in total. The van der Waals surface area contributed by atoms with Gasteiger partial charge >= 0.3 is 6.09 Å². The fourth-order valence-electron chi connectivity index (χ4n) is 3.05. The first kappa shape index (κ1) is 17.8. The van der Waals surface area contributed by atoms with Crippen molar-refractivity contribution in [3.63, 3.8) is 0 Å². The second-order valence-electron chi connectivity index (χ2n) is 6.61. The van der Waals surface area contributed by atoms with Crippen molar-refractivity contribution in [1.29, 1.82) is 0 Å². The first-order valence-electron chi connectivity index (χ1n) is 8.78. The van der Waals surface area contributed by atoms with Gasteiger partial charge in [0.2, 0.25) is 5.91 Å². The van der Waals surface area contributed by atoms with Crippen molar-refractivity contribution in [3.05, 3.63) is 42.0 Å². The van der Waals surface area contributed by atoms with Crippen LogP contribution in [0.15, 0.2) is 36.4 Å². The predicted molar refractivity (Wildman–Crippen MR) is 99.3 cm³/mol. The number of nitrogens with one attached hydrogen (secondary N) is 1. The van der Waals surface area contributed by atoms with E-state index < -0.39 is 12.2 Å². The van der Waals surface area contributed by atoms with Crippen molar-refractivity contribution < 1.29 is 28.6 Å². The topological polar surface area (TPSA) is 94.2 Å². The number of amides is 2. The highest BCUT2D eigenvalue weighted by atomic mass is 16.6. The maximum absolute atomic E-state index is 12.2. The number of anilines is 1. The van der Waals surface area contributed by atoms with E-state index in [2.05, 4.69) is 5.32 Å². The van der Waals surface area contributed by atoms with Gasteiger partial charge < -0.3 is 19.5 Å². The molecule has 28 heavy (non-hydrogen) atoms.